The van der Waals surface area contributed by atoms with E-state index in [2.05, 4.69) is 30.7 Å². The second-order valence-corrected chi connectivity index (χ2v) is 7.09. The number of imidazole rings is 1. The average Bonchev–Trinajstić information content (AvgIpc) is 2.92. The Labute approximate surface area is 131 Å². The highest BCUT2D eigenvalue weighted by molar-refractivity contribution is 5.78. The molecular weight excluding hydrogens is 282 g/mol. The summed E-state index contributed by atoms with van der Waals surface area (Å²) in [7, 11) is 0. The molecule has 6 heteroatoms. The lowest BCUT2D eigenvalue weighted by atomic mass is 9.90. The van der Waals surface area contributed by atoms with Gasteiger partial charge >= 0.3 is 0 Å². The number of hydrogen-bond donors (Lipinski definition) is 1. The Hall–Kier alpha value is -1.40. The number of aromatic nitrogens is 2. The Bertz CT molecular complexity index is 536. The smallest absolute Gasteiger partial charge is 0.249 e. The molecule has 3 rings (SSSR count). The third kappa shape index (κ3) is 2.90. The number of nitrogens with zero attached hydrogens (tertiary/aromatic N) is 2. The van der Waals surface area contributed by atoms with Gasteiger partial charge in [-0.1, -0.05) is 20.8 Å². The fourth-order valence-electron chi connectivity index (χ4n) is 3.26. The van der Waals surface area contributed by atoms with Crippen LogP contribution in [0.15, 0.2) is 6.33 Å². The van der Waals surface area contributed by atoms with Crippen molar-refractivity contribution < 1.29 is 14.3 Å². The van der Waals surface area contributed by atoms with Gasteiger partial charge in [-0.05, 0) is 5.92 Å². The molecule has 0 radical (unpaired) electrons. The second kappa shape index (κ2) is 6.01. The van der Waals surface area contributed by atoms with Crippen molar-refractivity contribution >= 4 is 5.91 Å². The minimum absolute atomic E-state index is 0.0359. The first-order valence-corrected chi connectivity index (χ1v) is 7.97. The van der Waals surface area contributed by atoms with Crippen LogP contribution in [0.25, 0.3) is 0 Å². The number of aromatic amines is 1. The number of ether oxygens (including phenoxy) is 2. The van der Waals surface area contributed by atoms with Crippen molar-refractivity contribution in [3.63, 3.8) is 0 Å². The van der Waals surface area contributed by atoms with Crippen LogP contribution in [0, 0.1) is 11.3 Å². The quantitative estimate of drug-likeness (QED) is 0.896. The number of rotatable bonds is 5. The zero-order chi connectivity index (χ0) is 15.7. The highest BCUT2D eigenvalue weighted by Gasteiger charge is 2.36. The van der Waals surface area contributed by atoms with Crippen molar-refractivity contribution in [2.45, 2.75) is 33.2 Å². The van der Waals surface area contributed by atoms with Crippen molar-refractivity contribution in [2.75, 3.05) is 33.0 Å². The Morgan fingerprint density at radius 3 is 3.00 bits per heavy atom. The summed E-state index contributed by atoms with van der Waals surface area (Å²) in [5, 5.41) is 0. The molecule has 0 spiro atoms. The molecule has 0 bridgehead atoms. The molecule has 1 unspecified atom stereocenters. The van der Waals surface area contributed by atoms with E-state index in [4.69, 9.17) is 9.47 Å². The molecule has 1 aromatic heterocycles. The van der Waals surface area contributed by atoms with E-state index >= 15 is 0 Å². The summed E-state index contributed by atoms with van der Waals surface area (Å²) in [4.78, 5) is 22.1. The van der Waals surface area contributed by atoms with Gasteiger partial charge in [-0.25, -0.2) is 4.98 Å². The summed E-state index contributed by atoms with van der Waals surface area (Å²) < 4.78 is 10.9. The van der Waals surface area contributed by atoms with Gasteiger partial charge in [-0.3, -0.25) is 4.79 Å². The summed E-state index contributed by atoms with van der Waals surface area (Å²) in [6, 6.07) is 0.0359. The zero-order valence-electron chi connectivity index (χ0n) is 13.6. The second-order valence-electron chi connectivity index (χ2n) is 7.09. The van der Waals surface area contributed by atoms with Gasteiger partial charge in [0.15, 0.2) is 0 Å². The van der Waals surface area contributed by atoms with Crippen LogP contribution < -0.4 is 0 Å². The highest BCUT2D eigenvalue weighted by Crippen LogP contribution is 2.33. The predicted octanol–water partition coefficient (Wildman–Crippen LogP) is 1.54. The molecule has 2 aliphatic heterocycles. The van der Waals surface area contributed by atoms with Gasteiger partial charge in [0.2, 0.25) is 5.91 Å². The molecule has 122 valence electrons. The third-order valence-corrected chi connectivity index (χ3v) is 4.50. The first-order valence-electron chi connectivity index (χ1n) is 7.97. The number of nitrogens with one attached hydrogen (secondary N) is 1. The molecule has 1 saturated heterocycles. The molecule has 22 heavy (non-hydrogen) atoms. The molecule has 1 fully saturated rings. The van der Waals surface area contributed by atoms with Crippen molar-refractivity contribution in [1.82, 2.24) is 14.9 Å². The Balaban J connectivity index is 1.61. The minimum atomic E-state index is 0.0359. The van der Waals surface area contributed by atoms with Gasteiger partial charge in [-0.2, -0.15) is 0 Å². The van der Waals surface area contributed by atoms with Crippen molar-refractivity contribution in [2.24, 2.45) is 11.3 Å². The van der Waals surface area contributed by atoms with Crippen LogP contribution in [0.5, 0.6) is 0 Å². The third-order valence-electron chi connectivity index (χ3n) is 4.50. The van der Waals surface area contributed by atoms with E-state index in [1.165, 1.54) is 0 Å². The number of H-pyrrole nitrogens is 1. The standard InChI is InChI=1S/C16H25N3O3/c1-11(2)15-14-12(17-10-18-14)4-5-19(15)13(20)6-21-7-16(3)8-22-9-16/h10-11,15H,4-9H2,1-3H3,(H,17,18). The van der Waals surface area contributed by atoms with E-state index in [1.807, 2.05) is 4.90 Å². The Kier molecular flexibility index (Phi) is 4.23. The van der Waals surface area contributed by atoms with Crippen LogP contribution in [0.2, 0.25) is 0 Å². The van der Waals surface area contributed by atoms with Crippen molar-refractivity contribution in [1.29, 1.82) is 0 Å². The summed E-state index contributed by atoms with van der Waals surface area (Å²) in [5.74, 6) is 0.375. The van der Waals surface area contributed by atoms with Crippen LogP contribution in [-0.2, 0) is 20.7 Å². The van der Waals surface area contributed by atoms with Crippen LogP contribution in [0.3, 0.4) is 0 Å². The molecule has 0 aliphatic carbocycles. The summed E-state index contributed by atoms with van der Waals surface area (Å²) >= 11 is 0. The largest absolute Gasteiger partial charge is 0.380 e. The van der Waals surface area contributed by atoms with Gasteiger partial charge < -0.3 is 19.4 Å². The summed E-state index contributed by atoms with van der Waals surface area (Å²) in [6.07, 6.45) is 2.55. The molecular formula is C16H25N3O3. The van der Waals surface area contributed by atoms with E-state index in [1.54, 1.807) is 6.33 Å². The zero-order valence-corrected chi connectivity index (χ0v) is 13.6. The van der Waals surface area contributed by atoms with Gasteiger partial charge in [0.1, 0.15) is 6.61 Å². The average molecular weight is 307 g/mol. The van der Waals surface area contributed by atoms with Crippen molar-refractivity contribution in [3.8, 4) is 0 Å². The normalized spacial score (nSPS) is 23.3. The van der Waals surface area contributed by atoms with Gasteiger partial charge in [0.05, 0.1) is 37.9 Å². The lowest BCUT2D eigenvalue weighted by molar-refractivity contribution is -0.154. The molecule has 1 atom stereocenters. The Morgan fingerprint density at radius 1 is 1.59 bits per heavy atom. The van der Waals surface area contributed by atoms with Gasteiger partial charge in [0.25, 0.3) is 0 Å². The highest BCUT2D eigenvalue weighted by atomic mass is 16.5. The first kappa shape index (κ1) is 15.5. The van der Waals surface area contributed by atoms with E-state index in [0.29, 0.717) is 12.5 Å². The number of hydrogen-bond acceptors (Lipinski definition) is 4. The lowest BCUT2D eigenvalue weighted by Crippen LogP contribution is -2.46. The van der Waals surface area contributed by atoms with E-state index in [0.717, 1.165) is 37.6 Å². The fourth-order valence-corrected chi connectivity index (χ4v) is 3.26. The van der Waals surface area contributed by atoms with Crippen LogP contribution in [0.4, 0.5) is 0 Å². The maximum absolute atomic E-state index is 12.6. The SMILES string of the molecule is CC(C)C1c2nc[nH]c2CCN1C(=O)COCC1(C)COC1. The predicted molar refractivity (Wildman–Crippen MR) is 81.3 cm³/mol. The maximum atomic E-state index is 12.6. The van der Waals surface area contributed by atoms with Crippen LogP contribution in [0.1, 0.15) is 38.2 Å². The molecule has 1 amide bonds. The van der Waals surface area contributed by atoms with E-state index in [9.17, 15) is 4.79 Å². The van der Waals surface area contributed by atoms with E-state index in [-0.39, 0.29) is 24.0 Å². The molecule has 2 aliphatic rings. The van der Waals surface area contributed by atoms with Crippen LogP contribution in [-0.4, -0.2) is 53.7 Å². The maximum Gasteiger partial charge on any atom is 0.249 e. The molecule has 1 aromatic rings. The number of amides is 1. The van der Waals surface area contributed by atoms with Gasteiger partial charge in [0, 0.05) is 24.1 Å². The molecule has 1 N–H and O–H groups in total. The number of carbonyl (C=O) groups excluding carboxylic acids is 1. The van der Waals surface area contributed by atoms with E-state index < -0.39 is 0 Å². The lowest BCUT2D eigenvalue weighted by Gasteiger charge is -2.39. The summed E-state index contributed by atoms with van der Waals surface area (Å²) in [6.45, 7) is 9.25. The summed E-state index contributed by atoms with van der Waals surface area (Å²) in [5.41, 5.74) is 2.24. The monoisotopic (exact) mass is 307 g/mol. The molecule has 6 nitrogen and oxygen atoms in total. The Morgan fingerprint density at radius 2 is 2.36 bits per heavy atom. The topological polar surface area (TPSA) is 67.5 Å². The molecule has 0 saturated carbocycles. The number of fused-ring (bicyclic) bond motifs is 1. The molecule has 0 aromatic carbocycles. The number of carbonyl (C=O) groups is 1. The van der Waals surface area contributed by atoms with Crippen molar-refractivity contribution in [3.05, 3.63) is 17.7 Å². The van der Waals surface area contributed by atoms with Crippen LogP contribution >= 0.6 is 0 Å². The fraction of sp³-hybridized carbons (Fsp3) is 0.750. The van der Waals surface area contributed by atoms with Gasteiger partial charge in [-0.15, -0.1) is 0 Å². The molecule has 3 heterocycles. The minimum Gasteiger partial charge on any atom is -0.380 e. The first-order chi connectivity index (χ1) is 10.5.